The molecule has 4 nitrogen and oxygen atoms in total. The lowest BCUT2D eigenvalue weighted by Gasteiger charge is -2.33. The molecule has 2 rings (SSSR count). The van der Waals surface area contributed by atoms with Crippen LogP contribution < -0.4 is 10.6 Å². The van der Waals surface area contributed by atoms with Crippen LogP contribution in [-0.2, 0) is 6.54 Å². The molecule has 0 atom stereocenters. The van der Waals surface area contributed by atoms with E-state index in [1.54, 1.807) is 0 Å². The van der Waals surface area contributed by atoms with Crippen LogP contribution in [0.15, 0.2) is 35.3 Å². The molecule has 1 aliphatic heterocycles. The Kier molecular flexibility index (Phi) is 5.87. The van der Waals surface area contributed by atoms with Crippen molar-refractivity contribution in [1.29, 1.82) is 0 Å². The standard InChI is InChI=1S/C16H26N4/c1-3-18-16(17-2)19-15-9-11-20(12-10-15)13-14-7-5-4-6-8-14/h4-8,15H,3,9-13H2,1-2H3,(H2,17,18,19). The molecule has 0 amide bonds. The van der Waals surface area contributed by atoms with Crippen LogP contribution in [-0.4, -0.2) is 43.6 Å². The number of hydrogen-bond donors (Lipinski definition) is 2. The van der Waals surface area contributed by atoms with Gasteiger partial charge in [-0.1, -0.05) is 30.3 Å². The van der Waals surface area contributed by atoms with Gasteiger partial charge in [-0.05, 0) is 25.3 Å². The van der Waals surface area contributed by atoms with E-state index < -0.39 is 0 Å². The Morgan fingerprint density at radius 3 is 2.55 bits per heavy atom. The zero-order valence-electron chi connectivity index (χ0n) is 12.6. The van der Waals surface area contributed by atoms with E-state index in [0.29, 0.717) is 6.04 Å². The van der Waals surface area contributed by atoms with Gasteiger partial charge in [-0.3, -0.25) is 9.89 Å². The first-order valence-electron chi connectivity index (χ1n) is 7.55. The summed E-state index contributed by atoms with van der Waals surface area (Å²) in [5.41, 5.74) is 1.40. The minimum atomic E-state index is 0.541. The Balaban J connectivity index is 1.75. The molecule has 0 saturated carbocycles. The van der Waals surface area contributed by atoms with E-state index in [0.717, 1.165) is 32.1 Å². The van der Waals surface area contributed by atoms with Gasteiger partial charge in [0.25, 0.3) is 0 Å². The van der Waals surface area contributed by atoms with Gasteiger partial charge in [0.15, 0.2) is 5.96 Å². The number of piperidine rings is 1. The third-order valence-electron chi connectivity index (χ3n) is 3.75. The quantitative estimate of drug-likeness (QED) is 0.650. The van der Waals surface area contributed by atoms with Crippen molar-refractivity contribution in [3.8, 4) is 0 Å². The Hall–Kier alpha value is -1.55. The van der Waals surface area contributed by atoms with Gasteiger partial charge in [0.05, 0.1) is 0 Å². The zero-order chi connectivity index (χ0) is 14.2. The second-order valence-electron chi connectivity index (χ2n) is 5.28. The molecule has 0 aliphatic carbocycles. The number of nitrogens with zero attached hydrogens (tertiary/aromatic N) is 2. The van der Waals surface area contributed by atoms with E-state index in [2.05, 4.69) is 57.8 Å². The lowest BCUT2D eigenvalue weighted by atomic mass is 10.0. The van der Waals surface area contributed by atoms with Crippen molar-refractivity contribution in [3.63, 3.8) is 0 Å². The Morgan fingerprint density at radius 1 is 1.25 bits per heavy atom. The normalized spacial score (nSPS) is 18.0. The number of nitrogens with one attached hydrogen (secondary N) is 2. The van der Waals surface area contributed by atoms with Crippen molar-refractivity contribution in [2.75, 3.05) is 26.7 Å². The molecular formula is C16H26N4. The van der Waals surface area contributed by atoms with Gasteiger partial charge >= 0.3 is 0 Å². The lowest BCUT2D eigenvalue weighted by molar-refractivity contribution is 0.198. The van der Waals surface area contributed by atoms with Crippen molar-refractivity contribution in [3.05, 3.63) is 35.9 Å². The summed E-state index contributed by atoms with van der Waals surface area (Å²) in [6, 6.07) is 11.3. The second-order valence-corrected chi connectivity index (χ2v) is 5.28. The van der Waals surface area contributed by atoms with Gasteiger partial charge in [0.2, 0.25) is 0 Å². The van der Waals surface area contributed by atoms with Crippen molar-refractivity contribution in [2.24, 2.45) is 4.99 Å². The fraction of sp³-hybridized carbons (Fsp3) is 0.562. The second kappa shape index (κ2) is 7.90. The van der Waals surface area contributed by atoms with Crippen LogP contribution in [0, 0.1) is 0 Å². The Bertz CT molecular complexity index is 408. The molecule has 4 heteroatoms. The fourth-order valence-electron chi connectivity index (χ4n) is 2.63. The summed E-state index contributed by atoms with van der Waals surface area (Å²) in [5.74, 6) is 0.925. The van der Waals surface area contributed by atoms with Crippen LogP contribution in [0.25, 0.3) is 0 Å². The van der Waals surface area contributed by atoms with Crippen molar-refractivity contribution in [1.82, 2.24) is 15.5 Å². The molecule has 110 valence electrons. The smallest absolute Gasteiger partial charge is 0.191 e. The van der Waals surface area contributed by atoms with Gasteiger partial charge < -0.3 is 10.6 Å². The molecule has 1 fully saturated rings. The number of benzene rings is 1. The highest BCUT2D eigenvalue weighted by Crippen LogP contribution is 2.13. The minimum absolute atomic E-state index is 0.541. The monoisotopic (exact) mass is 274 g/mol. The molecule has 2 N–H and O–H groups in total. The fourth-order valence-corrected chi connectivity index (χ4v) is 2.63. The molecule has 1 aliphatic rings. The van der Waals surface area contributed by atoms with Crippen molar-refractivity contribution in [2.45, 2.75) is 32.4 Å². The molecule has 0 spiro atoms. The summed E-state index contributed by atoms with van der Waals surface area (Å²) < 4.78 is 0. The van der Waals surface area contributed by atoms with Gasteiger partial charge in [-0.25, -0.2) is 0 Å². The van der Waals surface area contributed by atoms with Crippen LogP contribution >= 0.6 is 0 Å². The average Bonchev–Trinajstić information content (AvgIpc) is 2.50. The van der Waals surface area contributed by atoms with Crippen molar-refractivity contribution < 1.29 is 0 Å². The summed E-state index contributed by atoms with van der Waals surface area (Å²) in [6.45, 7) is 6.36. The van der Waals surface area contributed by atoms with Gasteiger partial charge in [-0.2, -0.15) is 0 Å². The summed E-state index contributed by atoms with van der Waals surface area (Å²) in [5, 5.41) is 6.76. The maximum Gasteiger partial charge on any atom is 0.191 e. The van der Waals surface area contributed by atoms with E-state index in [9.17, 15) is 0 Å². The highest BCUT2D eigenvalue weighted by Gasteiger charge is 2.19. The number of rotatable bonds is 4. The SMILES string of the molecule is CCNC(=NC)NC1CCN(Cc2ccccc2)CC1. The lowest BCUT2D eigenvalue weighted by Crippen LogP contribution is -2.48. The summed E-state index contributed by atoms with van der Waals surface area (Å²) in [4.78, 5) is 6.77. The highest BCUT2D eigenvalue weighted by atomic mass is 15.2. The number of guanidine groups is 1. The topological polar surface area (TPSA) is 39.7 Å². The van der Waals surface area contributed by atoms with Gasteiger partial charge in [0, 0.05) is 39.3 Å². The molecule has 20 heavy (non-hydrogen) atoms. The first kappa shape index (κ1) is 14.9. The van der Waals surface area contributed by atoms with E-state index in [-0.39, 0.29) is 0 Å². The molecule has 0 aromatic heterocycles. The summed E-state index contributed by atoms with van der Waals surface area (Å²) in [7, 11) is 1.83. The van der Waals surface area contributed by atoms with Crippen LogP contribution in [0.5, 0.6) is 0 Å². The van der Waals surface area contributed by atoms with E-state index in [1.807, 2.05) is 7.05 Å². The van der Waals surface area contributed by atoms with Gasteiger partial charge in [-0.15, -0.1) is 0 Å². The van der Waals surface area contributed by atoms with Crippen LogP contribution in [0.3, 0.4) is 0 Å². The van der Waals surface area contributed by atoms with Crippen LogP contribution in [0.1, 0.15) is 25.3 Å². The molecule has 1 heterocycles. The Morgan fingerprint density at radius 2 is 1.95 bits per heavy atom. The number of hydrogen-bond acceptors (Lipinski definition) is 2. The predicted octanol–water partition coefficient (Wildman–Crippen LogP) is 1.84. The molecule has 1 saturated heterocycles. The number of aliphatic imine (C=N–C) groups is 1. The summed E-state index contributed by atoms with van der Waals surface area (Å²) in [6.07, 6.45) is 2.36. The molecule has 1 aromatic rings. The Labute approximate surface area is 122 Å². The molecule has 1 aromatic carbocycles. The highest BCUT2D eigenvalue weighted by molar-refractivity contribution is 5.79. The van der Waals surface area contributed by atoms with Crippen LogP contribution in [0.2, 0.25) is 0 Å². The van der Waals surface area contributed by atoms with E-state index in [1.165, 1.54) is 18.4 Å². The van der Waals surface area contributed by atoms with Crippen molar-refractivity contribution >= 4 is 5.96 Å². The molecule has 0 radical (unpaired) electrons. The molecule has 0 bridgehead atoms. The van der Waals surface area contributed by atoms with Crippen LogP contribution in [0.4, 0.5) is 0 Å². The molecule has 0 unspecified atom stereocenters. The first-order valence-corrected chi connectivity index (χ1v) is 7.55. The third kappa shape index (κ3) is 4.53. The third-order valence-corrected chi connectivity index (χ3v) is 3.75. The zero-order valence-corrected chi connectivity index (χ0v) is 12.6. The first-order chi connectivity index (χ1) is 9.81. The predicted molar refractivity (Wildman–Crippen MR) is 84.9 cm³/mol. The average molecular weight is 274 g/mol. The largest absolute Gasteiger partial charge is 0.357 e. The summed E-state index contributed by atoms with van der Waals surface area (Å²) >= 11 is 0. The van der Waals surface area contributed by atoms with E-state index in [4.69, 9.17) is 0 Å². The van der Waals surface area contributed by atoms with Gasteiger partial charge in [0.1, 0.15) is 0 Å². The maximum atomic E-state index is 4.24. The number of likely N-dealkylation sites (tertiary alicyclic amines) is 1. The van der Waals surface area contributed by atoms with E-state index >= 15 is 0 Å². The minimum Gasteiger partial charge on any atom is -0.357 e. The maximum absolute atomic E-state index is 4.24. The molecular weight excluding hydrogens is 248 g/mol.